The van der Waals surface area contributed by atoms with Crippen molar-refractivity contribution >= 4 is 27.5 Å². The topological polar surface area (TPSA) is 47.6 Å². The van der Waals surface area contributed by atoms with Crippen LogP contribution in [-0.4, -0.2) is 19.1 Å². The molecule has 0 fully saturated rings. The molecule has 0 spiro atoms. The highest BCUT2D eigenvalue weighted by molar-refractivity contribution is 9.10. The molecule has 0 heterocycles. The minimum absolute atomic E-state index is 0.0589. The largest absolute Gasteiger partial charge is 0.493 e. The lowest BCUT2D eigenvalue weighted by Gasteiger charge is -2.13. The lowest BCUT2D eigenvalue weighted by Crippen LogP contribution is -2.20. The van der Waals surface area contributed by atoms with E-state index in [0.29, 0.717) is 24.0 Å². The van der Waals surface area contributed by atoms with Crippen molar-refractivity contribution in [3.63, 3.8) is 0 Å². The summed E-state index contributed by atoms with van der Waals surface area (Å²) in [6, 6.07) is 23.6. The highest BCUT2D eigenvalue weighted by atomic mass is 79.9. The molecule has 0 aliphatic heterocycles. The van der Waals surface area contributed by atoms with Gasteiger partial charge in [0.1, 0.15) is 11.5 Å². The average Bonchev–Trinajstić information content (AvgIpc) is 2.79. The Balaban J connectivity index is 1.44. The Bertz CT molecular complexity index is 974. The van der Waals surface area contributed by atoms with Gasteiger partial charge < -0.3 is 14.8 Å². The van der Waals surface area contributed by atoms with Crippen molar-refractivity contribution in [3.8, 4) is 11.5 Å². The van der Waals surface area contributed by atoms with E-state index in [2.05, 4.69) is 53.3 Å². The molecule has 0 aromatic heterocycles. The van der Waals surface area contributed by atoms with E-state index in [1.54, 1.807) is 0 Å². The summed E-state index contributed by atoms with van der Waals surface area (Å²) in [5.41, 5.74) is 3.19. The number of amides is 1. The van der Waals surface area contributed by atoms with E-state index < -0.39 is 0 Å². The van der Waals surface area contributed by atoms with E-state index >= 15 is 0 Å². The number of nitrogens with one attached hydrogen (secondary N) is 1. The first-order valence-corrected chi connectivity index (χ1v) is 11.3. The monoisotopic (exact) mass is 481 g/mol. The zero-order valence-corrected chi connectivity index (χ0v) is 19.5. The summed E-state index contributed by atoms with van der Waals surface area (Å²) in [6.45, 7) is 4.90. The van der Waals surface area contributed by atoms with E-state index in [0.717, 1.165) is 23.1 Å². The third kappa shape index (κ3) is 7.14. The molecular weight excluding hydrogens is 454 g/mol. The SMILES string of the molecule is CCC(C)c1ccc(OCC(=O)Nc2ccc(OCCc3ccccc3)cc2)c(Br)c1. The standard InChI is InChI=1S/C26H28BrNO3/c1-3-19(2)21-9-14-25(24(27)17-21)31-18-26(29)28-22-10-12-23(13-11-22)30-16-15-20-7-5-4-6-8-20/h4-14,17,19H,3,15-16,18H2,1-2H3,(H,28,29). The van der Waals surface area contributed by atoms with Crippen LogP contribution in [0.15, 0.2) is 77.3 Å². The van der Waals surface area contributed by atoms with Crippen LogP contribution >= 0.6 is 15.9 Å². The second-order valence-electron chi connectivity index (χ2n) is 7.44. The summed E-state index contributed by atoms with van der Waals surface area (Å²) in [5.74, 6) is 1.70. The van der Waals surface area contributed by atoms with Gasteiger partial charge in [-0.1, -0.05) is 50.2 Å². The van der Waals surface area contributed by atoms with Crippen LogP contribution in [0.5, 0.6) is 11.5 Å². The molecule has 31 heavy (non-hydrogen) atoms. The number of carbonyl (C=O) groups is 1. The smallest absolute Gasteiger partial charge is 0.262 e. The predicted octanol–water partition coefficient (Wildman–Crippen LogP) is 6.60. The molecule has 3 aromatic rings. The number of benzene rings is 3. The molecule has 5 heteroatoms. The van der Waals surface area contributed by atoms with Crippen molar-refractivity contribution in [3.05, 3.63) is 88.4 Å². The second-order valence-corrected chi connectivity index (χ2v) is 8.30. The molecule has 0 saturated carbocycles. The molecule has 1 amide bonds. The van der Waals surface area contributed by atoms with Gasteiger partial charge in [-0.2, -0.15) is 0 Å². The van der Waals surface area contributed by atoms with E-state index in [9.17, 15) is 4.79 Å². The molecule has 3 aromatic carbocycles. The van der Waals surface area contributed by atoms with Gasteiger partial charge in [0.25, 0.3) is 5.91 Å². The number of ether oxygens (including phenoxy) is 2. The zero-order chi connectivity index (χ0) is 22.1. The number of hydrogen-bond acceptors (Lipinski definition) is 3. The maximum absolute atomic E-state index is 12.2. The first-order valence-electron chi connectivity index (χ1n) is 10.5. The van der Waals surface area contributed by atoms with E-state index in [1.807, 2.05) is 54.6 Å². The number of anilines is 1. The first kappa shape index (κ1) is 22.9. The maximum atomic E-state index is 12.2. The maximum Gasteiger partial charge on any atom is 0.262 e. The van der Waals surface area contributed by atoms with Crippen LogP contribution < -0.4 is 14.8 Å². The summed E-state index contributed by atoms with van der Waals surface area (Å²) in [5, 5.41) is 2.84. The lowest BCUT2D eigenvalue weighted by atomic mass is 9.99. The van der Waals surface area contributed by atoms with Crippen LogP contribution in [-0.2, 0) is 11.2 Å². The summed E-state index contributed by atoms with van der Waals surface area (Å²) in [4.78, 5) is 12.2. The fourth-order valence-electron chi connectivity index (χ4n) is 3.08. The minimum atomic E-state index is -0.212. The van der Waals surface area contributed by atoms with Crippen molar-refractivity contribution in [2.45, 2.75) is 32.6 Å². The molecule has 0 aliphatic carbocycles. The van der Waals surface area contributed by atoms with Crippen molar-refractivity contribution < 1.29 is 14.3 Å². The molecule has 3 rings (SSSR count). The van der Waals surface area contributed by atoms with Crippen LogP contribution in [0.4, 0.5) is 5.69 Å². The molecule has 0 aliphatic rings. The van der Waals surface area contributed by atoms with E-state index in [1.165, 1.54) is 11.1 Å². The van der Waals surface area contributed by atoms with E-state index in [4.69, 9.17) is 9.47 Å². The third-order valence-corrected chi connectivity index (χ3v) is 5.76. The predicted molar refractivity (Wildman–Crippen MR) is 129 cm³/mol. The minimum Gasteiger partial charge on any atom is -0.493 e. The fraction of sp³-hybridized carbons (Fsp3) is 0.269. The highest BCUT2D eigenvalue weighted by Crippen LogP contribution is 2.30. The average molecular weight is 482 g/mol. The van der Waals surface area contributed by atoms with Crippen LogP contribution in [0.1, 0.15) is 37.3 Å². The first-order chi connectivity index (χ1) is 15.0. The Hall–Kier alpha value is -2.79. The fourth-order valence-corrected chi connectivity index (χ4v) is 3.59. The lowest BCUT2D eigenvalue weighted by molar-refractivity contribution is -0.118. The van der Waals surface area contributed by atoms with E-state index in [-0.39, 0.29) is 12.5 Å². The number of rotatable bonds is 10. The molecule has 0 bridgehead atoms. The number of halogens is 1. The number of carbonyl (C=O) groups excluding carboxylic acids is 1. The second kappa shape index (κ2) is 11.6. The van der Waals surface area contributed by atoms with Crippen LogP contribution in [0.3, 0.4) is 0 Å². The van der Waals surface area contributed by atoms with Crippen LogP contribution in [0.25, 0.3) is 0 Å². The van der Waals surface area contributed by atoms with Gasteiger partial charge in [-0.05, 0) is 75.8 Å². The van der Waals surface area contributed by atoms with Gasteiger partial charge in [0.05, 0.1) is 11.1 Å². The molecule has 162 valence electrons. The van der Waals surface area contributed by atoms with Crippen molar-refractivity contribution in [1.82, 2.24) is 0 Å². The van der Waals surface area contributed by atoms with Gasteiger partial charge in [-0.15, -0.1) is 0 Å². The number of hydrogen-bond donors (Lipinski definition) is 1. The summed E-state index contributed by atoms with van der Waals surface area (Å²) in [6.07, 6.45) is 1.93. The molecule has 1 unspecified atom stereocenters. The highest BCUT2D eigenvalue weighted by Gasteiger charge is 2.10. The van der Waals surface area contributed by atoms with Gasteiger partial charge in [-0.25, -0.2) is 0 Å². The van der Waals surface area contributed by atoms with Crippen molar-refractivity contribution in [2.24, 2.45) is 0 Å². The molecule has 0 saturated heterocycles. The third-order valence-electron chi connectivity index (χ3n) is 5.14. The van der Waals surface area contributed by atoms with Gasteiger partial charge >= 0.3 is 0 Å². The normalized spacial score (nSPS) is 11.6. The Morgan fingerprint density at radius 2 is 1.74 bits per heavy atom. The summed E-state index contributed by atoms with van der Waals surface area (Å²) in [7, 11) is 0. The van der Waals surface area contributed by atoms with Gasteiger partial charge in [0, 0.05) is 12.1 Å². The molecule has 4 nitrogen and oxygen atoms in total. The Morgan fingerprint density at radius 1 is 1.00 bits per heavy atom. The molecule has 1 N–H and O–H groups in total. The molecular formula is C26H28BrNO3. The quantitative estimate of drug-likeness (QED) is 0.354. The molecule has 0 radical (unpaired) electrons. The van der Waals surface area contributed by atoms with Crippen LogP contribution in [0.2, 0.25) is 0 Å². The van der Waals surface area contributed by atoms with Gasteiger partial charge in [0.15, 0.2) is 6.61 Å². The van der Waals surface area contributed by atoms with Gasteiger partial charge in [0.2, 0.25) is 0 Å². The summed E-state index contributed by atoms with van der Waals surface area (Å²) >= 11 is 3.53. The Kier molecular flexibility index (Phi) is 8.53. The summed E-state index contributed by atoms with van der Waals surface area (Å²) < 4.78 is 12.3. The van der Waals surface area contributed by atoms with Crippen molar-refractivity contribution in [1.29, 1.82) is 0 Å². The van der Waals surface area contributed by atoms with Gasteiger partial charge in [-0.3, -0.25) is 4.79 Å². The van der Waals surface area contributed by atoms with Crippen LogP contribution in [0, 0.1) is 0 Å². The molecule has 1 atom stereocenters. The van der Waals surface area contributed by atoms with Crippen molar-refractivity contribution in [2.75, 3.05) is 18.5 Å². The Labute approximate surface area is 192 Å². The zero-order valence-electron chi connectivity index (χ0n) is 17.9. The Morgan fingerprint density at radius 3 is 2.42 bits per heavy atom.